The molecule has 2 heterocycles. The smallest absolute Gasteiger partial charge is 0.257 e. The first kappa shape index (κ1) is 20.3. The van der Waals surface area contributed by atoms with Gasteiger partial charge in [-0.25, -0.2) is 8.42 Å². The quantitative estimate of drug-likeness (QED) is 0.724. The van der Waals surface area contributed by atoms with E-state index in [-0.39, 0.29) is 48.7 Å². The summed E-state index contributed by atoms with van der Waals surface area (Å²) >= 11 is 0. The van der Waals surface area contributed by atoms with Crippen molar-refractivity contribution in [2.75, 3.05) is 29.5 Å². The Kier molecular flexibility index (Phi) is 5.47. The summed E-state index contributed by atoms with van der Waals surface area (Å²) in [5.41, 5.74) is 0.265. The topological polar surface area (TPSA) is 104 Å². The highest BCUT2D eigenvalue weighted by Gasteiger charge is 2.52. The van der Waals surface area contributed by atoms with E-state index in [0.29, 0.717) is 24.1 Å². The Balaban J connectivity index is 1.71. The summed E-state index contributed by atoms with van der Waals surface area (Å²) < 4.78 is 23.0. The number of carbonyl (C=O) groups is 3. The molecule has 28 heavy (non-hydrogen) atoms. The molecule has 3 amide bonds. The third-order valence-corrected chi connectivity index (χ3v) is 7.19. The average Bonchev–Trinajstić information content (AvgIpc) is 2.97. The Morgan fingerprint density at radius 2 is 1.96 bits per heavy atom. The van der Waals surface area contributed by atoms with Crippen LogP contribution in [-0.2, 0) is 19.4 Å². The van der Waals surface area contributed by atoms with Crippen LogP contribution in [0.1, 0.15) is 43.5 Å². The van der Waals surface area contributed by atoms with Gasteiger partial charge < -0.3 is 10.2 Å². The third kappa shape index (κ3) is 3.63. The van der Waals surface area contributed by atoms with Gasteiger partial charge >= 0.3 is 0 Å². The molecular formula is C19H25N3O5S. The van der Waals surface area contributed by atoms with E-state index in [1.165, 1.54) is 0 Å². The second-order valence-corrected chi connectivity index (χ2v) is 9.73. The molecular weight excluding hydrogens is 382 g/mol. The second kappa shape index (κ2) is 7.54. The Bertz CT molecular complexity index is 914. The van der Waals surface area contributed by atoms with Crippen LogP contribution in [0.2, 0.25) is 0 Å². The Labute approximate surface area is 164 Å². The molecule has 1 fully saturated rings. The van der Waals surface area contributed by atoms with Gasteiger partial charge in [0.25, 0.3) is 5.91 Å². The van der Waals surface area contributed by atoms with Crippen LogP contribution in [0.25, 0.3) is 0 Å². The summed E-state index contributed by atoms with van der Waals surface area (Å²) in [6, 6.07) is 7.00. The highest BCUT2D eigenvalue weighted by Crippen LogP contribution is 2.43. The summed E-state index contributed by atoms with van der Waals surface area (Å²) in [7, 11) is -3.14. The minimum atomic E-state index is -3.14. The first-order valence-electron chi connectivity index (χ1n) is 9.41. The molecule has 0 saturated carbocycles. The number of sulfone groups is 1. The molecule has 0 spiro atoms. The third-order valence-electron chi connectivity index (χ3n) is 5.48. The molecule has 2 aliphatic rings. The van der Waals surface area contributed by atoms with Crippen LogP contribution in [0.4, 0.5) is 5.69 Å². The largest absolute Gasteiger partial charge is 0.355 e. The molecule has 1 atom stereocenters. The lowest BCUT2D eigenvalue weighted by molar-refractivity contribution is -0.121. The van der Waals surface area contributed by atoms with E-state index in [4.69, 9.17) is 0 Å². The summed E-state index contributed by atoms with van der Waals surface area (Å²) in [6.45, 7) is 3.61. The molecule has 3 rings (SSSR count). The van der Waals surface area contributed by atoms with E-state index in [2.05, 4.69) is 5.32 Å². The fraction of sp³-hybridized carbons (Fsp3) is 0.526. The molecule has 2 aliphatic heterocycles. The number of para-hydroxylation sites is 1. The molecule has 1 aromatic carbocycles. The van der Waals surface area contributed by atoms with Gasteiger partial charge in [0.15, 0.2) is 9.84 Å². The number of hydrogen-bond acceptors (Lipinski definition) is 5. The van der Waals surface area contributed by atoms with E-state index in [1.807, 2.05) is 6.92 Å². The average molecular weight is 407 g/mol. The molecule has 0 aliphatic carbocycles. The molecule has 1 aromatic rings. The highest BCUT2D eigenvalue weighted by molar-refractivity contribution is 7.91. The van der Waals surface area contributed by atoms with E-state index in [0.717, 1.165) is 0 Å². The minimum absolute atomic E-state index is 0.0345. The van der Waals surface area contributed by atoms with Crippen molar-refractivity contribution in [1.29, 1.82) is 0 Å². The highest BCUT2D eigenvalue weighted by atomic mass is 32.2. The van der Waals surface area contributed by atoms with Crippen molar-refractivity contribution in [3.05, 3.63) is 29.8 Å². The molecule has 0 radical (unpaired) electrons. The van der Waals surface area contributed by atoms with Crippen molar-refractivity contribution in [2.24, 2.45) is 0 Å². The number of nitrogens with zero attached hydrogens (tertiary/aromatic N) is 2. The summed E-state index contributed by atoms with van der Waals surface area (Å²) in [6.07, 6.45) is 0.885. The summed E-state index contributed by atoms with van der Waals surface area (Å²) in [5, 5.41) is 2.59. The van der Waals surface area contributed by atoms with Gasteiger partial charge in [-0.2, -0.15) is 0 Å². The fourth-order valence-electron chi connectivity index (χ4n) is 3.83. The van der Waals surface area contributed by atoms with E-state index >= 15 is 0 Å². The number of fused-ring (bicyclic) bond motifs is 3. The summed E-state index contributed by atoms with van der Waals surface area (Å²) in [4.78, 5) is 40.9. The Morgan fingerprint density at radius 1 is 1.25 bits per heavy atom. The van der Waals surface area contributed by atoms with Crippen LogP contribution in [0.3, 0.4) is 0 Å². The van der Waals surface area contributed by atoms with Crippen LogP contribution >= 0.6 is 0 Å². The van der Waals surface area contributed by atoms with Gasteiger partial charge in [-0.05, 0) is 25.5 Å². The number of carbonyl (C=O) groups excluding carboxylic acids is 3. The zero-order chi connectivity index (χ0) is 20.5. The minimum Gasteiger partial charge on any atom is -0.355 e. The lowest BCUT2D eigenvalue weighted by atomic mass is 9.98. The normalized spacial score (nSPS) is 21.5. The van der Waals surface area contributed by atoms with Crippen molar-refractivity contribution in [3.63, 3.8) is 0 Å². The number of anilines is 1. The molecule has 152 valence electrons. The molecule has 1 N–H and O–H groups in total. The van der Waals surface area contributed by atoms with Crippen molar-refractivity contribution >= 4 is 33.2 Å². The Morgan fingerprint density at radius 3 is 2.68 bits per heavy atom. The summed E-state index contributed by atoms with van der Waals surface area (Å²) in [5.74, 6) is -0.637. The standard InChI is InChI=1S/C19H25N3O5S/c1-3-28(26,27)13-11-20-16(23)9-12-21-18(25)14-6-4-5-7-15(14)22-17(24)8-10-19(21,22)2/h4-7H,3,8-13H2,1-2H3,(H,20,23). The van der Waals surface area contributed by atoms with Crippen LogP contribution in [-0.4, -0.2) is 61.3 Å². The van der Waals surface area contributed by atoms with Crippen LogP contribution < -0.4 is 10.2 Å². The van der Waals surface area contributed by atoms with Gasteiger partial charge in [0.2, 0.25) is 11.8 Å². The number of nitrogens with one attached hydrogen (secondary N) is 1. The van der Waals surface area contributed by atoms with Crippen LogP contribution in [0.5, 0.6) is 0 Å². The monoisotopic (exact) mass is 407 g/mol. The number of hydrogen-bond donors (Lipinski definition) is 1. The predicted octanol–water partition coefficient (Wildman–Crippen LogP) is 0.926. The Hall–Kier alpha value is -2.42. The second-order valence-electron chi connectivity index (χ2n) is 7.26. The lowest BCUT2D eigenvalue weighted by Gasteiger charge is -2.48. The van der Waals surface area contributed by atoms with Crippen molar-refractivity contribution in [2.45, 2.75) is 38.8 Å². The molecule has 8 nitrogen and oxygen atoms in total. The van der Waals surface area contributed by atoms with Gasteiger partial charge in [-0.1, -0.05) is 19.1 Å². The fourth-order valence-corrected chi connectivity index (χ4v) is 4.54. The van der Waals surface area contributed by atoms with Gasteiger partial charge in [0, 0.05) is 31.7 Å². The van der Waals surface area contributed by atoms with Gasteiger partial charge in [0.05, 0.1) is 17.0 Å². The number of amides is 3. The van der Waals surface area contributed by atoms with E-state index in [1.54, 1.807) is 41.0 Å². The maximum atomic E-state index is 13.0. The van der Waals surface area contributed by atoms with E-state index in [9.17, 15) is 22.8 Å². The molecule has 1 saturated heterocycles. The molecule has 0 aromatic heterocycles. The van der Waals surface area contributed by atoms with E-state index < -0.39 is 15.5 Å². The lowest BCUT2D eigenvalue weighted by Crippen LogP contribution is -2.62. The van der Waals surface area contributed by atoms with Crippen molar-refractivity contribution < 1.29 is 22.8 Å². The number of benzene rings is 1. The van der Waals surface area contributed by atoms with Gasteiger partial charge in [-0.3, -0.25) is 19.3 Å². The van der Waals surface area contributed by atoms with Crippen LogP contribution in [0, 0.1) is 0 Å². The van der Waals surface area contributed by atoms with Crippen molar-refractivity contribution in [1.82, 2.24) is 10.2 Å². The van der Waals surface area contributed by atoms with Crippen LogP contribution in [0.15, 0.2) is 24.3 Å². The zero-order valence-corrected chi connectivity index (χ0v) is 16.9. The maximum absolute atomic E-state index is 13.0. The predicted molar refractivity (Wildman–Crippen MR) is 105 cm³/mol. The molecule has 9 heteroatoms. The first-order chi connectivity index (χ1) is 13.2. The van der Waals surface area contributed by atoms with Gasteiger partial charge in [0.1, 0.15) is 5.66 Å². The molecule has 0 bridgehead atoms. The SMILES string of the molecule is CCS(=O)(=O)CCNC(=O)CCN1C(=O)c2ccccc2N2C(=O)CCC12C. The zero-order valence-electron chi connectivity index (χ0n) is 16.1. The number of rotatable bonds is 7. The molecule has 1 unspecified atom stereocenters. The van der Waals surface area contributed by atoms with Crippen molar-refractivity contribution in [3.8, 4) is 0 Å². The maximum Gasteiger partial charge on any atom is 0.257 e. The first-order valence-corrected chi connectivity index (χ1v) is 11.2. The van der Waals surface area contributed by atoms with Gasteiger partial charge in [-0.15, -0.1) is 0 Å².